The van der Waals surface area contributed by atoms with Crippen LogP contribution in [0.15, 0.2) is 60.2 Å². The van der Waals surface area contributed by atoms with Crippen molar-refractivity contribution in [2.24, 2.45) is 17.8 Å². The number of aromatic hydroxyl groups is 1. The molecule has 8 nitrogen and oxygen atoms in total. The van der Waals surface area contributed by atoms with E-state index in [-0.39, 0.29) is 36.2 Å². The molecule has 3 fully saturated rings. The summed E-state index contributed by atoms with van der Waals surface area (Å²) in [5.74, 6) is -4.90. The molecule has 10 heteroatoms. The number of benzene rings is 2. The number of halogens is 2. The van der Waals surface area contributed by atoms with Gasteiger partial charge in [-0.05, 0) is 48.6 Å². The van der Waals surface area contributed by atoms with Crippen LogP contribution in [0.2, 0.25) is 0 Å². The number of hydrogen-bond donors (Lipinski definition) is 1. The molecule has 6 rings (SSSR count). The summed E-state index contributed by atoms with van der Waals surface area (Å²) in [6, 6.07) is 13.3. The van der Waals surface area contributed by atoms with Crippen molar-refractivity contribution in [3.63, 3.8) is 0 Å². The molecule has 0 radical (unpaired) electrons. The fourth-order valence-corrected chi connectivity index (χ4v) is 7.86. The number of amides is 4. The van der Waals surface area contributed by atoms with Gasteiger partial charge in [0.05, 0.1) is 24.6 Å². The highest BCUT2D eigenvalue weighted by atomic mass is 35.5. The van der Waals surface area contributed by atoms with Crippen LogP contribution in [0.5, 0.6) is 11.5 Å². The van der Waals surface area contributed by atoms with Crippen molar-refractivity contribution in [1.29, 1.82) is 0 Å². The maximum atomic E-state index is 13.9. The average Bonchev–Trinajstić information content (AvgIpc) is 3.24. The Morgan fingerprint density at radius 2 is 1.68 bits per heavy atom. The Kier molecular flexibility index (Phi) is 5.46. The van der Waals surface area contributed by atoms with Gasteiger partial charge in [0.1, 0.15) is 0 Å². The van der Waals surface area contributed by atoms with Gasteiger partial charge < -0.3 is 9.84 Å². The third kappa shape index (κ3) is 2.98. The van der Waals surface area contributed by atoms with Crippen LogP contribution in [-0.2, 0) is 19.2 Å². The molecule has 2 aliphatic heterocycles. The zero-order chi connectivity index (χ0) is 27.1. The second-order valence-corrected chi connectivity index (χ2v) is 11.5. The summed E-state index contributed by atoms with van der Waals surface area (Å²) in [5.41, 5.74) is 1.59. The summed E-state index contributed by atoms with van der Waals surface area (Å²) in [7, 11) is 2.75. The van der Waals surface area contributed by atoms with Crippen molar-refractivity contribution in [2.75, 3.05) is 19.1 Å². The number of imide groups is 2. The highest BCUT2D eigenvalue weighted by molar-refractivity contribution is 6.53. The van der Waals surface area contributed by atoms with Crippen LogP contribution >= 0.6 is 23.2 Å². The number of phenols is 1. The number of para-hydroxylation sites is 1. The van der Waals surface area contributed by atoms with Crippen molar-refractivity contribution in [3.05, 3.63) is 65.7 Å². The first kappa shape index (κ1) is 24.9. The lowest BCUT2D eigenvalue weighted by atomic mass is 9.56. The summed E-state index contributed by atoms with van der Waals surface area (Å²) in [6.07, 6.45) is 2.04. The van der Waals surface area contributed by atoms with E-state index in [2.05, 4.69) is 0 Å². The van der Waals surface area contributed by atoms with Crippen LogP contribution in [0.1, 0.15) is 24.3 Å². The number of hydrogen-bond acceptors (Lipinski definition) is 6. The smallest absolute Gasteiger partial charge is 0.253 e. The Balaban J connectivity index is 1.53. The van der Waals surface area contributed by atoms with Gasteiger partial charge >= 0.3 is 0 Å². The molecular weight excluding hydrogens is 531 g/mol. The molecular formula is C28H24Cl2N2O6. The maximum Gasteiger partial charge on any atom is 0.253 e. The number of carbonyl (C=O) groups is 4. The third-order valence-electron chi connectivity index (χ3n) is 8.56. The minimum Gasteiger partial charge on any atom is -0.504 e. The van der Waals surface area contributed by atoms with E-state index >= 15 is 0 Å². The van der Waals surface area contributed by atoms with E-state index in [0.717, 1.165) is 4.90 Å². The number of alkyl halides is 2. The average molecular weight is 555 g/mol. The molecule has 0 bridgehead atoms. The summed E-state index contributed by atoms with van der Waals surface area (Å²) in [5, 5.41) is 10.6. The van der Waals surface area contributed by atoms with Gasteiger partial charge in [0.2, 0.25) is 11.8 Å². The molecule has 4 amide bonds. The lowest BCUT2D eigenvalue weighted by Crippen LogP contribution is -2.60. The molecule has 2 aromatic rings. The topological polar surface area (TPSA) is 104 Å². The predicted molar refractivity (Wildman–Crippen MR) is 139 cm³/mol. The zero-order valence-electron chi connectivity index (χ0n) is 20.6. The van der Waals surface area contributed by atoms with E-state index < -0.39 is 45.2 Å². The number of likely N-dealkylation sites (tertiary alicyclic amines) is 1. The first-order valence-electron chi connectivity index (χ1n) is 12.3. The lowest BCUT2D eigenvalue weighted by molar-refractivity contribution is -0.138. The first-order valence-corrected chi connectivity index (χ1v) is 13.0. The highest BCUT2D eigenvalue weighted by Gasteiger charge is 2.75. The van der Waals surface area contributed by atoms with Crippen LogP contribution in [-0.4, -0.2) is 57.5 Å². The molecule has 2 aromatic carbocycles. The van der Waals surface area contributed by atoms with E-state index in [4.69, 9.17) is 27.9 Å². The molecule has 4 aliphatic rings. The highest BCUT2D eigenvalue weighted by Crippen LogP contribution is 2.65. The van der Waals surface area contributed by atoms with Gasteiger partial charge in [-0.1, -0.05) is 35.9 Å². The molecule has 0 spiro atoms. The van der Waals surface area contributed by atoms with E-state index in [1.165, 1.54) is 25.1 Å². The molecule has 6 unspecified atom stereocenters. The molecule has 1 saturated carbocycles. The second-order valence-electron chi connectivity index (χ2n) is 10.3. The summed E-state index contributed by atoms with van der Waals surface area (Å²) in [6.45, 7) is 0. The number of methoxy groups -OCH3 is 1. The summed E-state index contributed by atoms with van der Waals surface area (Å²) >= 11 is 14.2. The molecule has 196 valence electrons. The number of phenolic OH excluding ortho intramolecular Hbond substituents is 1. The normalized spacial score (nSPS) is 34.2. The van der Waals surface area contributed by atoms with Gasteiger partial charge in [-0.2, -0.15) is 0 Å². The summed E-state index contributed by atoms with van der Waals surface area (Å²) < 4.78 is 5.18. The number of ether oxygens (including phenoxy) is 1. The monoisotopic (exact) mass is 554 g/mol. The van der Waals surface area contributed by atoms with Gasteiger partial charge in [-0.3, -0.25) is 29.0 Å². The van der Waals surface area contributed by atoms with Gasteiger partial charge in [0.25, 0.3) is 11.8 Å². The molecule has 6 atom stereocenters. The van der Waals surface area contributed by atoms with Crippen molar-refractivity contribution in [3.8, 4) is 11.5 Å². The Morgan fingerprint density at radius 3 is 2.34 bits per heavy atom. The van der Waals surface area contributed by atoms with Crippen LogP contribution in [0.4, 0.5) is 5.69 Å². The van der Waals surface area contributed by atoms with E-state index in [1.54, 1.807) is 42.5 Å². The van der Waals surface area contributed by atoms with Crippen LogP contribution < -0.4 is 9.64 Å². The van der Waals surface area contributed by atoms with E-state index in [1.807, 2.05) is 6.08 Å². The van der Waals surface area contributed by atoms with Gasteiger partial charge in [-0.25, -0.2) is 0 Å². The van der Waals surface area contributed by atoms with E-state index in [0.29, 0.717) is 16.8 Å². The maximum absolute atomic E-state index is 13.9. The molecule has 2 saturated heterocycles. The number of fused-ring (bicyclic) bond motifs is 4. The zero-order valence-corrected chi connectivity index (χ0v) is 22.1. The number of anilines is 1. The minimum absolute atomic E-state index is 0.0831. The Morgan fingerprint density at radius 1 is 0.974 bits per heavy atom. The van der Waals surface area contributed by atoms with Gasteiger partial charge in [0, 0.05) is 13.0 Å². The van der Waals surface area contributed by atoms with Gasteiger partial charge in [0.15, 0.2) is 21.2 Å². The quantitative estimate of drug-likeness (QED) is 0.353. The second kappa shape index (κ2) is 8.32. The fraction of sp³-hybridized carbons (Fsp3) is 0.357. The Labute approximate surface area is 228 Å². The van der Waals surface area contributed by atoms with Crippen molar-refractivity contribution >= 4 is 52.5 Å². The molecule has 2 heterocycles. The van der Waals surface area contributed by atoms with Crippen molar-refractivity contribution in [1.82, 2.24) is 4.90 Å². The standard InChI is InChI=1S/C28H24Cl2N2O6/c1-31-25(36)27(29)13-18-16(22(28(27,30)26(31)37)14-8-11-20(38-2)19(33)12-14)9-10-17-21(18)24(35)32(23(17)34)15-6-4-3-5-7-15/h3-9,11-12,17-18,21-22,33H,10,13H2,1-2H3. The largest absolute Gasteiger partial charge is 0.504 e. The number of allylic oxidation sites excluding steroid dienone is 2. The molecule has 1 N–H and O–H groups in total. The van der Waals surface area contributed by atoms with Gasteiger partial charge in [-0.15, -0.1) is 23.2 Å². The lowest BCUT2D eigenvalue weighted by Gasteiger charge is -2.50. The first-order chi connectivity index (χ1) is 18.1. The molecule has 0 aromatic heterocycles. The number of carbonyl (C=O) groups excluding carboxylic acids is 4. The Hall–Kier alpha value is -3.36. The fourth-order valence-electron chi connectivity index (χ4n) is 6.84. The van der Waals surface area contributed by atoms with Crippen LogP contribution in [0, 0.1) is 17.8 Å². The van der Waals surface area contributed by atoms with Crippen LogP contribution in [0.25, 0.3) is 0 Å². The Bertz CT molecular complexity index is 1440. The third-order valence-corrected chi connectivity index (χ3v) is 9.98. The number of rotatable bonds is 3. The minimum atomic E-state index is -1.90. The van der Waals surface area contributed by atoms with Crippen molar-refractivity contribution in [2.45, 2.75) is 28.5 Å². The van der Waals surface area contributed by atoms with Crippen LogP contribution in [0.3, 0.4) is 0 Å². The summed E-state index contributed by atoms with van der Waals surface area (Å²) in [4.78, 5) is 52.7. The predicted octanol–water partition coefficient (Wildman–Crippen LogP) is 3.59. The van der Waals surface area contributed by atoms with Crippen molar-refractivity contribution < 1.29 is 29.0 Å². The molecule has 38 heavy (non-hydrogen) atoms. The SMILES string of the molecule is COc1ccc(C2C3=CCC4C(=O)N(c5ccccc5)C(=O)C4C3CC3(Cl)C(=O)N(C)C(=O)C23Cl)cc1O. The van der Waals surface area contributed by atoms with E-state index in [9.17, 15) is 24.3 Å². The molecule has 2 aliphatic carbocycles. The number of nitrogens with zero attached hydrogens (tertiary/aromatic N) is 2.